The second-order valence-electron chi connectivity index (χ2n) is 8.87. The summed E-state index contributed by atoms with van der Waals surface area (Å²) in [7, 11) is 0. The summed E-state index contributed by atoms with van der Waals surface area (Å²) in [5.74, 6) is -0.183. The molecular formula is C20H24N2O4. The number of benzene rings is 1. The topological polar surface area (TPSA) is 77.9 Å². The zero-order chi connectivity index (χ0) is 18.9. The third-order valence-electron chi connectivity index (χ3n) is 6.69. The number of piperidine rings is 1. The number of hydrogen-bond acceptors (Lipinski definition) is 3. The Kier molecular flexibility index (Phi) is 3.49. The smallest absolute Gasteiger partial charge is 0.407 e. The number of hydrogen-bond donors (Lipinski definition) is 1. The van der Waals surface area contributed by atoms with Crippen LogP contribution in [0.3, 0.4) is 0 Å². The van der Waals surface area contributed by atoms with Gasteiger partial charge in [-0.05, 0) is 41.7 Å². The molecule has 6 nitrogen and oxygen atoms in total. The van der Waals surface area contributed by atoms with E-state index >= 15 is 0 Å². The Morgan fingerprint density at radius 1 is 1.19 bits per heavy atom. The van der Waals surface area contributed by atoms with Crippen LogP contribution in [0.5, 0.6) is 0 Å². The molecule has 1 saturated carbocycles. The number of fused-ring (bicyclic) bond motifs is 2. The lowest BCUT2D eigenvalue weighted by molar-refractivity contribution is 0.0280. The molecule has 4 rings (SSSR count). The van der Waals surface area contributed by atoms with Gasteiger partial charge < -0.3 is 10.0 Å². The quantitative estimate of drug-likeness (QED) is 0.826. The molecule has 138 valence electrons. The molecule has 2 fully saturated rings. The molecule has 0 bridgehead atoms. The fourth-order valence-corrected chi connectivity index (χ4v) is 4.94. The van der Waals surface area contributed by atoms with Crippen molar-refractivity contribution in [1.82, 2.24) is 9.80 Å². The molecule has 2 heterocycles. The van der Waals surface area contributed by atoms with Crippen molar-refractivity contribution in [3.8, 4) is 0 Å². The third kappa shape index (κ3) is 2.27. The first kappa shape index (κ1) is 17.1. The number of carbonyl (C=O) groups excluding carboxylic acids is 2. The minimum absolute atomic E-state index is 0.0177. The van der Waals surface area contributed by atoms with Gasteiger partial charge >= 0.3 is 6.09 Å². The summed E-state index contributed by atoms with van der Waals surface area (Å²) in [6.45, 7) is 7.10. The molecule has 1 saturated heterocycles. The maximum atomic E-state index is 12.6. The van der Waals surface area contributed by atoms with Gasteiger partial charge in [-0.25, -0.2) is 4.79 Å². The average molecular weight is 356 g/mol. The zero-order valence-electron chi connectivity index (χ0n) is 15.4. The number of amides is 3. The lowest BCUT2D eigenvalue weighted by Gasteiger charge is -2.44. The van der Waals surface area contributed by atoms with E-state index in [2.05, 4.69) is 20.8 Å². The number of imide groups is 1. The maximum Gasteiger partial charge on any atom is 0.407 e. The predicted molar refractivity (Wildman–Crippen MR) is 94.9 cm³/mol. The highest BCUT2D eigenvalue weighted by atomic mass is 16.4. The summed E-state index contributed by atoms with van der Waals surface area (Å²) in [6.07, 6.45) is 0.746. The van der Waals surface area contributed by atoms with Gasteiger partial charge in [0, 0.05) is 13.1 Å². The fraction of sp³-hybridized carbons (Fsp3) is 0.550. The summed E-state index contributed by atoms with van der Waals surface area (Å²) in [5.41, 5.74) is 0.867. The second kappa shape index (κ2) is 5.32. The molecule has 1 aliphatic carbocycles. The molecule has 6 heteroatoms. The summed E-state index contributed by atoms with van der Waals surface area (Å²) < 4.78 is 0. The molecular weight excluding hydrogens is 332 g/mol. The lowest BCUT2D eigenvalue weighted by atomic mass is 9.73. The Morgan fingerprint density at radius 3 is 2.27 bits per heavy atom. The average Bonchev–Trinajstić information content (AvgIpc) is 3.27. The van der Waals surface area contributed by atoms with Crippen molar-refractivity contribution in [2.75, 3.05) is 13.1 Å². The van der Waals surface area contributed by atoms with Crippen LogP contribution in [0, 0.1) is 16.7 Å². The largest absolute Gasteiger partial charge is 0.465 e. The molecule has 0 unspecified atom stereocenters. The van der Waals surface area contributed by atoms with Crippen molar-refractivity contribution < 1.29 is 19.5 Å². The summed E-state index contributed by atoms with van der Waals surface area (Å²) in [5, 5.41) is 9.74. The lowest BCUT2D eigenvalue weighted by Crippen LogP contribution is -2.54. The van der Waals surface area contributed by atoms with Crippen LogP contribution in [-0.4, -0.2) is 51.9 Å². The van der Waals surface area contributed by atoms with Crippen molar-refractivity contribution >= 4 is 17.9 Å². The molecule has 3 amide bonds. The number of likely N-dealkylation sites (tertiary alicyclic amines) is 1. The van der Waals surface area contributed by atoms with Crippen LogP contribution in [-0.2, 0) is 0 Å². The highest BCUT2D eigenvalue weighted by molar-refractivity contribution is 6.21. The van der Waals surface area contributed by atoms with Gasteiger partial charge in [0.05, 0.1) is 17.2 Å². The van der Waals surface area contributed by atoms with E-state index in [4.69, 9.17) is 0 Å². The van der Waals surface area contributed by atoms with E-state index < -0.39 is 6.09 Å². The van der Waals surface area contributed by atoms with Crippen LogP contribution >= 0.6 is 0 Å². The molecule has 1 N–H and O–H groups in total. The van der Waals surface area contributed by atoms with Gasteiger partial charge in [-0.2, -0.15) is 0 Å². The minimum atomic E-state index is -0.972. The number of rotatable bonds is 2. The first-order chi connectivity index (χ1) is 12.2. The van der Waals surface area contributed by atoms with Crippen molar-refractivity contribution in [3.05, 3.63) is 35.4 Å². The zero-order valence-corrected chi connectivity index (χ0v) is 15.4. The van der Waals surface area contributed by atoms with E-state index in [1.54, 1.807) is 24.3 Å². The minimum Gasteiger partial charge on any atom is -0.465 e. The molecule has 26 heavy (non-hydrogen) atoms. The van der Waals surface area contributed by atoms with Gasteiger partial charge in [-0.1, -0.05) is 32.9 Å². The molecule has 3 aliphatic rings. The summed E-state index contributed by atoms with van der Waals surface area (Å²) >= 11 is 0. The highest BCUT2D eigenvalue weighted by Crippen LogP contribution is 2.67. The first-order valence-electron chi connectivity index (χ1n) is 9.10. The van der Waals surface area contributed by atoms with E-state index in [0.717, 1.165) is 6.42 Å². The Bertz CT molecular complexity index is 777. The Hall–Kier alpha value is -2.37. The van der Waals surface area contributed by atoms with Crippen molar-refractivity contribution in [2.45, 2.75) is 39.7 Å². The molecule has 1 aromatic carbocycles. The van der Waals surface area contributed by atoms with Gasteiger partial charge in [0.15, 0.2) is 0 Å². The number of carbonyl (C=O) groups is 3. The van der Waals surface area contributed by atoms with Crippen molar-refractivity contribution in [1.29, 1.82) is 0 Å². The Morgan fingerprint density at radius 2 is 1.77 bits per heavy atom. The van der Waals surface area contributed by atoms with Gasteiger partial charge in [-0.15, -0.1) is 0 Å². The maximum absolute atomic E-state index is 12.6. The van der Waals surface area contributed by atoms with Crippen LogP contribution in [0.15, 0.2) is 24.3 Å². The van der Waals surface area contributed by atoms with E-state index in [0.29, 0.717) is 30.0 Å². The van der Waals surface area contributed by atoms with Gasteiger partial charge in [0.2, 0.25) is 0 Å². The highest BCUT2D eigenvalue weighted by Gasteiger charge is 2.65. The number of carboxylic acid groups (broad SMARTS) is 1. The van der Waals surface area contributed by atoms with Gasteiger partial charge in [0.25, 0.3) is 11.8 Å². The van der Waals surface area contributed by atoms with Crippen LogP contribution in [0.25, 0.3) is 0 Å². The molecule has 2 aliphatic heterocycles. The summed E-state index contributed by atoms with van der Waals surface area (Å²) in [6, 6.07) is 6.44. The van der Waals surface area contributed by atoms with E-state index in [1.807, 2.05) is 0 Å². The molecule has 0 radical (unpaired) electrons. The van der Waals surface area contributed by atoms with Gasteiger partial charge in [-0.3, -0.25) is 14.5 Å². The third-order valence-corrected chi connectivity index (χ3v) is 6.69. The van der Waals surface area contributed by atoms with E-state index in [-0.39, 0.29) is 35.2 Å². The standard InChI is InChI=1S/C20H24N2O4/c1-19(2,3)20-9-12(20)8-13(22(11-20)18(25)26)10-21-16(23)14-6-4-5-7-15(14)17(21)24/h4-7,12-13H,8-11H2,1-3H3,(H,25,26)/t12-,13-,20+/m0/s1. The van der Waals surface area contributed by atoms with Crippen molar-refractivity contribution in [2.24, 2.45) is 16.7 Å². The normalized spacial score (nSPS) is 30.3. The molecule has 0 aromatic heterocycles. The summed E-state index contributed by atoms with van der Waals surface area (Å²) in [4.78, 5) is 39.8. The molecule has 0 spiro atoms. The Labute approximate surface area is 152 Å². The predicted octanol–water partition coefficient (Wildman–Crippen LogP) is 3.09. The molecule has 3 atom stereocenters. The van der Waals surface area contributed by atoms with Crippen LogP contribution < -0.4 is 0 Å². The van der Waals surface area contributed by atoms with E-state index in [1.165, 1.54) is 9.80 Å². The second-order valence-corrected chi connectivity index (χ2v) is 8.87. The number of nitrogens with zero attached hydrogens (tertiary/aromatic N) is 2. The van der Waals surface area contributed by atoms with Crippen LogP contribution in [0.1, 0.15) is 54.3 Å². The van der Waals surface area contributed by atoms with Crippen LogP contribution in [0.2, 0.25) is 0 Å². The fourth-order valence-electron chi connectivity index (χ4n) is 4.94. The SMILES string of the molecule is CC(C)(C)[C@@]12C[C@@H]1C[C@@H](CN1C(=O)c3ccccc3C1=O)N(C(=O)O)C2. The van der Waals surface area contributed by atoms with E-state index in [9.17, 15) is 19.5 Å². The van der Waals surface area contributed by atoms with Crippen molar-refractivity contribution in [3.63, 3.8) is 0 Å². The van der Waals surface area contributed by atoms with Gasteiger partial charge in [0.1, 0.15) is 0 Å². The molecule has 1 aromatic rings. The Balaban J connectivity index is 1.57. The first-order valence-corrected chi connectivity index (χ1v) is 9.10. The van der Waals surface area contributed by atoms with Crippen LogP contribution in [0.4, 0.5) is 4.79 Å². The monoisotopic (exact) mass is 356 g/mol.